The van der Waals surface area contributed by atoms with E-state index in [1.807, 2.05) is 12.1 Å². The van der Waals surface area contributed by atoms with Crippen molar-refractivity contribution in [2.75, 3.05) is 44.5 Å². The summed E-state index contributed by atoms with van der Waals surface area (Å²) in [5.74, 6) is 2.25. The van der Waals surface area contributed by atoms with E-state index in [2.05, 4.69) is 39.5 Å². The number of carbonyl (C=O) groups excluding carboxylic acids is 1. The molecule has 0 bridgehead atoms. The van der Waals surface area contributed by atoms with Crippen LogP contribution in [0.4, 0.5) is 5.82 Å². The van der Waals surface area contributed by atoms with E-state index >= 15 is 0 Å². The summed E-state index contributed by atoms with van der Waals surface area (Å²) >= 11 is 1.57. The van der Waals surface area contributed by atoms with Gasteiger partial charge in [-0.05, 0) is 36.4 Å². The van der Waals surface area contributed by atoms with Crippen molar-refractivity contribution in [3.05, 3.63) is 36.0 Å². The highest BCUT2D eigenvalue weighted by Crippen LogP contribution is 2.24. The number of nitrogens with zero attached hydrogens (tertiary/aromatic N) is 4. The van der Waals surface area contributed by atoms with Crippen molar-refractivity contribution in [2.24, 2.45) is 0 Å². The lowest BCUT2D eigenvalue weighted by molar-refractivity contribution is 0.0952. The van der Waals surface area contributed by atoms with Gasteiger partial charge >= 0.3 is 0 Å². The summed E-state index contributed by atoms with van der Waals surface area (Å²) in [5, 5.41) is 12.2. The SMILES string of the molecule is CCCCOc1ccc(C(=O)NCCn2ncc3c(NCCOC)nc(SCC)nc32)cc1. The average molecular weight is 473 g/mol. The highest BCUT2D eigenvalue weighted by atomic mass is 32.2. The molecule has 2 N–H and O–H groups in total. The second-order valence-corrected chi connectivity index (χ2v) is 8.53. The van der Waals surface area contributed by atoms with Gasteiger partial charge in [0.25, 0.3) is 5.91 Å². The number of ether oxygens (including phenoxy) is 2. The van der Waals surface area contributed by atoms with Gasteiger partial charge in [0, 0.05) is 25.8 Å². The lowest BCUT2D eigenvalue weighted by Gasteiger charge is -2.10. The quantitative estimate of drug-likeness (QED) is 0.208. The topological polar surface area (TPSA) is 103 Å². The summed E-state index contributed by atoms with van der Waals surface area (Å²) in [6.45, 7) is 7.02. The molecule has 0 fully saturated rings. The van der Waals surface area contributed by atoms with Crippen LogP contribution in [0.2, 0.25) is 0 Å². The molecule has 0 aliphatic carbocycles. The Morgan fingerprint density at radius 1 is 1.12 bits per heavy atom. The number of rotatable bonds is 14. The van der Waals surface area contributed by atoms with Gasteiger partial charge in [0.15, 0.2) is 10.8 Å². The molecule has 10 heteroatoms. The van der Waals surface area contributed by atoms with E-state index in [9.17, 15) is 4.79 Å². The maximum absolute atomic E-state index is 12.5. The Kier molecular flexibility index (Phi) is 9.77. The van der Waals surface area contributed by atoms with Crippen LogP contribution in [0.25, 0.3) is 11.0 Å². The Hall–Kier alpha value is -2.85. The van der Waals surface area contributed by atoms with Crippen molar-refractivity contribution in [2.45, 2.75) is 38.4 Å². The zero-order valence-corrected chi connectivity index (χ0v) is 20.3. The van der Waals surface area contributed by atoms with E-state index in [1.165, 1.54) is 0 Å². The molecular weight excluding hydrogens is 440 g/mol. The van der Waals surface area contributed by atoms with Crippen molar-refractivity contribution in [1.29, 1.82) is 0 Å². The minimum atomic E-state index is -0.134. The van der Waals surface area contributed by atoms with E-state index in [0.717, 1.165) is 41.2 Å². The first-order valence-electron chi connectivity index (χ1n) is 11.3. The van der Waals surface area contributed by atoms with E-state index < -0.39 is 0 Å². The minimum Gasteiger partial charge on any atom is -0.494 e. The van der Waals surface area contributed by atoms with Crippen LogP contribution in [0.3, 0.4) is 0 Å². The van der Waals surface area contributed by atoms with Crippen LogP contribution < -0.4 is 15.4 Å². The van der Waals surface area contributed by atoms with Gasteiger partial charge < -0.3 is 20.1 Å². The number of anilines is 1. The molecule has 178 valence electrons. The molecule has 33 heavy (non-hydrogen) atoms. The van der Waals surface area contributed by atoms with Crippen LogP contribution in [0.15, 0.2) is 35.6 Å². The summed E-state index contributed by atoms with van der Waals surface area (Å²) in [7, 11) is 1.66. The number of methoxy groups -OCH3 is 1. The molecule has 0 aliphatic heterocycles. The van der Waals surface area contributed by atoms with Crippen LogP contribution in [0.5, 0.6) is 5.75 Å². The van der Waals surface area contributed by atoms with Gasteiger partial charge in [-0.1, -0.05) is 32.0 Å². The first-order chi connectivity index (χ1) is 16.2. The normalized spacial score (nSPS) is 11.0. The zero-order chi connectivity index (χ0) is 23.5. The monoisotopic (exact) mass is 472 g/mol. The first-order valence-corrected chi connectivity index (χ1v) is 12.2. The third-order valence-electron chi connectivity index (χ3n) is 4.84. The van der Waals surface area contributed by atoms with Crippen molar-refractivity contribution >= 4 is 34.5 Å². The Bertz CT molecular complexity index is 1020. The molecule has 2 aromatic heterocycles. The van der Waals surface area contributed by atoms with Crippen LogP contribution in [0.1, 0.15) is 37.0 Å². The van der Waals surface area contributed by atoms with Gasteiger partial charge in [-0.25, -0.2) is 14.6 Å². The molecule has 0 radical (unpaired) electrons. The fourth-order valence-corrected chi connectivity index (χ4v) is 3.68. The smallest absolute Gasteiger partial charge is 0.251 e. The Morgan fingerprint density at radius 2 is 1.94 bits per heavy atom. The molecule has 3 aromatic rings. The first kappa shape index (κ1) is 24.8. The molecule has 1 amide bonds. The number of amides is 1. The predicted molar refractivity (Wildman–Crippen MR) is 131 cm³/mol. The molecule has 0 aliphatic rings. The summed E-state index contributed by atoms with van der Waals surface area (Å²) < 4.78 is 12.6. The number of carbonyl (C=O) groups is 1. The van der Waals surface area contributed by atoms with Gasteiger partial charge in [-0.3, -0.25) is 4.79 Å². The van der Waals surface area contributed by atoms with E-state index in [1.54, 1.807) is 41.9 Å². The molecule has 9 nitrogen and oxygen atoms in total. The largest absolute Gasteiger partial charge is 0.494 e. The lowest BCUT2D eigenvalue weighted by Crippen LogP contribution is -2.27. The molecule has 1 aromatic carbocycles. The predicted octanol–water partition coefficient (Wildman–Crippen LogP) is 3.61. The third-order valence-corrected chi connectivity index (χ3v) is 5.57. The van der Waals surface area contributed by atoms with Gasteiger partial charge in [0.05, 0.1) is 31.3 Å². The number of hydrogen-bond donors (Lipinski definition) is 2. The van der Waals surface area contributed by atoms with Crippen LogP contribution >= 0.6 is 11.8 Å². The second kappa shape index (κ2) is 13.0. The fraction of sp³-hybridized carbons (Fsp3) is 0.478. The molecule has 0 atom stereocenters. The number of hydrogen-bond acceptors (Lipinski definition) is 8. The summed E-state index contributed by atoms with van der Waals surface area (Å²) in [6.07, 6.45) is 3.85. The summed E-state index contributed by atoms with van der Waals surface area (Å²) in [5.41, 5.74) is 1.33. The lowest BCUT2D eigenvalue weighted by atomic mass is 10.2. The van der Waals surface area contributed by atoms with Crippen LogP contribution in [-0.2, 0) is 11.3 Å². The summed E-state index contributed by atoms with van der Waals surface area (Å²) in [6, 6.07) is 7.21. The maximum Gasteiger partial charge on any atom is 0.251 e. The third kappa shape index (κ3) is 7.06. The highest BCUT2D eigenvalue weighted by Gasteiger charge is 2.13. The van der Waals surface area contributed by atoms with Crippen molar-refractivity contribution in [3.8, 4) is 5.75 Å². The van der Waals surface area contributed by atoms with Gasteiger partial charge in [-0.2, -0.15) is 5.10 Å². The van der Waals surface area contributed by atoms with E-state index in [-0.39, 0.29) is 5.91 Å². The zero-order valence-electron chi connectivity index (χ0n) is 19.5. The molecule has 0 unspecified atom stereocenters. The maximum atomic E-state index is 12.5. The molecular formula is C23H32N6O3S. The van der Waals surface area contributed by atoms with Crippen molar-refractivity contribution in [1.82, 2.24) is 25.1 Å². The molecule has 2 heterocycles. The number of fused-ring (bicyclic) bond motifs is 1. The standard InChI is InChI=1S/C23H32N6O3S/c1-4-6-14-32-18-9-7-17(8-10-18)22(30)25-11-13-29-21-19(16-26-29)20(24-12-15-31-3)27-23(28-21)33-5-2/h7-10,16H,4-6,11-15H2,1-3H3,(H,25,30)(H,24,27,28). The Labute approximate surface area is 198 Å². The van der Waals surface area contributed by atoms with Gasteiger partial charge in [-0.15, -0.1) is 0 Å². The molecule has 3 rings (SSSR count). The number of aromatic nitrogens is 4. The molecule has 0 saturated carbocycles. The summed E-state index contributed by atoms with van der Waals surface area (Å²) in [4.78, 5) is 21.8. The number of nitrogens with one attached hydrogen (secondary N) is 2. The molecule has 0 saturated heterocycles. The fourth-order valence-electron chi connectivity index (χ4n) is 3.11. The Balaban J connectivity index is 1.61. The van der Waals surface area contributed by atoms with Crippen LogP contribution in [0, 0.1) is 0 Å². The van der Waals surface area contributed by atoms with Gasteiger partial charge in [0.2, 0.25) is 0 Å². The molecule has 0 spiro atoms. The van der Waals surface area contributed by atoms with Gasteiger partial charge in [0.1, 0.15) is 11.6 Å². The minimum absolute atomic E-state index is 0.134. The van der Waals surface area contributed by atoms with E-state index in [0.29, 0.717) is 43.6 Å². The average Bonchev–Trinajstić information content (AvgIpc) is 3.23. The highest BCUT2D eigenvalue weighted by molar-refractivity contribution is 7.99. The Morgan fingerprint density at radius 3 is 2.67 bits per heavy atom. The number of thioether (sulfide) groups is 1. The number of unbranched alkanes of at least 4 members (excludes halogenated alkanes) is 1. The number of benzene rings is 1. The van der Waals surface area contributed by atoms with Crippen molar-refractivity contribution < 1.29 is 14.3 Å². The second-order valence-electron chi connectivity index (χ2n) is 7.29. The van der Waals surface area contributed by atoms with Crippen LogP contribution in [-0.4, -0.2) is 64.8 Å². The van der Waals surface area contributed by atoms with Crippen molar-refractivity contribution in [3.63, 3.8) is 0 Å². The van der Waals surface area contributed by atoms with E-state index in [4.69, 9.17) is 9.47 Å².